The molecule has 0 aromatic heterocycles. The number of ether oxygens (including phenoxy) is 2. The van der Waals surface area contributed by atoms with Gasteiger partial charge in [0.05, 0.1) is 6.54 Å². The van der Waals surface area contributed by atoms with Gasteiger partial charge in [0.15, 0.2) is 17.6 Å². The summed E-state index contributed by atoms with van der Waals surface area (Å²) in [5, 5.41) is 0.725. The molecule has 0 saturated carbocycles. The first-order chi connectivity index (χ1) is 9.81. The Kier molecular flexibility index (Phi) is 3.88. The average Bonchev–Trinajstić information content (AvgIpc) is 2.49. The predicted molar refractivity (Wildman–Crippen MR) is 80.3 cm³/mol. The third kappa shape index (κ3) is 3.11. The summed E-state index contributed by atoms with van der Waals surface area (Å²) < 4.78 is 11.5. The van der Waals surface area contributed by atoms with Crippen molar-refractivity contribution in [2.24, 2.45) is 4.99 Å². The maximum atomic E-state index is 5.83. The second-order valence-electron chi connectivity index (χ2n) is 4.54. The van der Waals surface area contributed by atoms with Crippen LogP contribution in [0, 0.1) is 0 Å². The Balaban J connectivity index is 1.59. The van der Waals surface area contributed by atoms with Crippen molar-refractivity contribution in [3.63, 3.8) is 0 Å². The first-order valence-corrected chi connectivity index (χ1v) is 6.83. The lowest BCUT2D eigenvalue weighted by Gasteiger charge is -2.25. The van der Waals surface area contributed by atoms with E-state index in [1.54, 1.807) is 0 Å². The molecule has 3 nitrogen and oxygen atoms in total. The Morgan fingerprint density at radius 2 is 1.85 bits per heavy atom. The first-order valence-electron chi connectivity index (χ1n) is 6.45. The van der Waals surface area contributed by atoms with E-state index in [0.717, 1.165) is 22.1 Å². The van der Waals surface area contributed by atoms with Crippen molar-refractivity contribution in [3.8, 4) is 11.5 Å². The summed E-state index contributed by atoms with van der Waals surface area (Å²) in [4.78, 5) is 4.39. The van der Waals surface area contributed by atoms with Crippen LogP contribution in [-0.2, 0) is 0 Å². The smallest absolute Gasteiger partial charge is 0.161 e. The largest absolute Gasteiger partial charge is 0.486 e. The van der Waals surface area contributed by atoms with Crippen molar-refractivity contribution in [3.05, 3.63) is 59.1 Å². The van der Waals surface area contributed by atoms with Crippen LogP contribution < -0.4 is 9.47 Å². The van der Waals surface area contributed by atoms with Crippen LogP contribution >= 0.6 is 11.6 Å². The summed E-state index contributed by atoms with van der Waals surface area (Å²) in [5.41, 5.74) is 1.02. The van der Waals surface area contributed by atoms with Gasteiger partial charge in [-0.1, -0.05) is 35.9 Å². The van der Waals surface area contributed by atoms with Crippen molar-refractivity contribution in [2.45, 2.75) is 6.10 Å². The zero-order valence-corrected chi connectivity index (χ0v) is 11.6. The molecule has 1 aliphatic rings. The monoisotopic (exact) mass is 287 g/mol. The molecule has 0 fully saturated rings. The van der Waals surface area contributed by atoms with Gasteiger partial charge in [0.25, 0.3) is 0 Å². The lowest BCUT2D eigenvalue weighted by Crippen LogP contribution is -2.31. The standard InChI is InChI=1S/C16H14ClNO2/c17-13-7-5-12(6-8-13)9-18-10-14-11-19-15-3-1-2-4-16(15)20-14/h1-9,14H,10-11H2/t14-/m0/s1. The summed E-state index contributed by atoms with van der Waals surface area (Å²) >= 11 is 5.83. The minimum Gasteiger partial charge on any atom is -0.486 e. The number of hydrogen-bond donors (Lipinski definition) is 0. The van der Waals surface area contributed by atoms with E-state index in [1.807, 2.05) is 54.7 Å². The molecule has 0 unspecified atom stereocenters. The molecule has 2 aromatic rings. The molecule has 1 heterocycles. The molecule has 1 atom stereocenters. The number of fused-ring (bicyclic) bond motifs is 1. The van der Waals surface area contributed by atoms with Gasteiger partial charge in [-0.15, -0.1) is 0 Å². The number of nitrogens with zero attached hydrogens (tertiary/aromatic N) is 1. The molecule has 0 radical (unpaired) electrons. The van der Waals surface area contributed by atoms with Gasteiger partial charge in [-0.3, -0.25) is 4.99 Å². The normalized spacial score (nSPS) is 17.4. The minimum absolute atomic E-state index is 0.0477. The van der Waals surface area contributed by atoms with E-state index < -0.39 is 0 Å². The molecule has 1 aliphatic heterocycles. The predicted octanol–water partition coefficient (Wildman–Crippen LogP) is 3.60. The lowest BCUT2D eigenvalue weighted by atomic mass is 10.2. The molecule has 3 rings (SSSR count). The summed E-state index contributed by atoms with van der Waals surface area (Å²) in [6.07, 6.45) is 1.77. The molecule has 0 spiro atoms. The molecule has 20 heavy (non-hydrogen) atoms. The Morgan fingerprint density at radius 3 is 2.65 bits per heavy atom. The molecule has 0 aliphatic carbocycles. The summed E-state index contributed by atoms with van der Waals surface area (Å²) in [7, 11) is 0. The number of benzene rings is 2. The Morgan fingerprint density at radius 1 is 1.10 bits per heavy atom. The second-order valence-corrected chi connectivity index (χ2v) is 4.98. The van der Waals surface area contributed by atoms with Gasteiger partial charge < -0.3 is 9.47 Å². The van der Waals surface area contributed by atoms with Crippen LogP contribution in [0.4, 0.5) is 0 Å². The quantitative estimate of drug-likeness (QED) is 0.808. The fourth-order valence-corrected chi connectivity index (χ4v) is 2.10. The molecule has 102 valence electrons. The van der Waals surface area contributed by atoms with Gasteiger partial charge in [0, 0.05) is 11.2 Å². The second kappa shape index (κ2) is 5.97. The Labute approximate surface area is 122 Å². The van der Waals surface area contributed by atoms with E-state index >= 15 is 0 Å². The van der Waals surface area contributed by atoms with Gasteiger partial charge in [-0.2, -0.15) is 0 Å². The summed E-state index contributed by atoms with van der Waals surface area (Å²) in [6.45, 7) is 1.09. The van der Waals surface area contributed by atoms with Crippen molar-refractivity contribution in [2.75, 3.05) is 13.2 Å². The number of aliphatic imine (C=N–C) groups is 1. The van der Waals surface area contributed by atoms with Gasteiger partial charge in [-0.25, -0.2) is 0 Å². The first kappa shape index (κ1) is 13.0. The number of halogens is 1. The molecule has 4 heteroatoms. The summed E-state index contributed by atoms with van der Waals surface area (Å²) in [6, 6.07) is 15.2. The summed E-state index contributed by atoms with van der Waals surface area (Å²) in [5.74, 6) is 1.58. The highest BCUT2D eigenvalue weighted by molar-refractivity contribution is 6.30. The van der Waals surface area contributed by atoms with Crippen LogP contribution in [0.15, 0.2) is 53.5 Å². The molecular weight excluding hydrogens is 274 g/mol. The van der Waals surface area contributed by atoms with E-state index in [9.17, 15) is 0 Å². The molecule has 0 saturated heterocycles. The van der Waals surface area contributed by atoms with Gasteiger partial charge >= 0.3 is 0 Å². The van der Waals surface area contributed by atoms with Crippen LogP contribution in [0.25, 0.3) is 0 Å². The number of para-hydroxylation sites is 2. The average molecular weight is 288 g/mol. The Bertz CT molecular complexity index is 610. The molecule has 0 bridgehead atoms. The highest BCUT2D eigenvalue weighted by atomic mass is 35.5. The highest BCUT2D eigenvalue weighted by Gasteiger charge is 2.19. The zero-order valence-electron chi connectivity index (χ0n) is 10.8. The maximum absolute atomic E-state index is 5.83. The van der Waals surface area contributed by atoms with E-state index in [2.05, 4.69) is 4.99 Å². The third-order valence-electron chi connectivity index (χ3n) is 2.99. The van der Waals surface area contributed by atoms with Crippen LogP contribution in [-0.4, -0.2) is 25.5 Å². The fraction of sp³-hybridized carbons (Fsp3) is 0.188. The van der Waals surface area contributed by atoms with Crippen molar-refractivity contribution < 1.29 is 9.47 Å². The van der Waals surface area contributed by atoms with Gasteiger partial charge in [-0.05, 0) is 29.8 Å². The van der Waals surface area contributed by atoms with Crippen LogP contribution in [0.1, 0.15) is 5.56 Å². The van der Waals surface area contributed by atoms with Gasteiger partial charge in [0.2, 0.25) is 0 Å². The number of hydrogen-bond acceptors (Lipinski definition) is 3. The third-order valence-corrected chi connectivity index (χ3v) is 3.24. The van der Waals surface area contributed by atoms with Crippen LogP contribution in [0.5, 0.6) is 11.5 Å². The maximum Gasteiger partial charge on any atom is 0.161 e. The molecular formula is C16H14ClNO2. The molecule has 2 aromatic carbocycles. The molecule has 0 amide bonds. The van der Waals surface area contributed by atoms with Crippen molar-refractivity contribution in [1.82, 2.24) is 0 Å². The number of rotatable bonds is 3. The SMILES string of the molecule is Clc1ccc(C=NC[C@H]2COc3ccccc3O2)cc1. The topological polar surface area (TPSA) is 30.8 Å². The van der Waals surface area contributed by atoms with Crippen LogP contribution in [0.2, 0.25) is 5.02 Å². The lowest BCUT2D eigenvalue weighted by molar-refractivity contribution is 0.0973. The zero-order chi connectivity index (χ0) is 13.8. The van der Waals surface area contributed by atoms with E-state index in [-0.39, 0.29) is 6.10 Å². The van der Waals surface area contributed by atoms with E-state index in [4.69, 9.17) is 21.1 Å². The fourth-order valence-electron chi connectivity index (χ4n) is 1.98. The van der Waals surface area contributed by atoms with Gasteiger partial charge in [0.1, 0.15) is 6.61 Å². The highest BCUT2D eigenvalue weighted by Crippen LogP contribution is 2.30. The van der Waals surface area contributed by atoms with Crippen molar-refractivity contribution in [1.29, 1.82) is 0 Å². The van der Waals surface area contributed by atoms with Crippen molar-refractivity contribution >= 4 is 17.8 Å². The molecule has 0 N–H and O–H groups in total. The van der Waals surface area contributed by atoms with Crippen LogP contribution in [0.3, 0.4) is 0 Å². The van der Waals surface area contributed by atoms with E-state index in [1.165, 1.54) is 0 Å². The van der Waals surface area contributed by atoms with E-state index in [0.29, 0.717) is 13.2 Å². The Hall–Kier alpha value is -2.00. The minimum atomic E-state index is -0.0477.